The number of nitrogens with zero attached hydrogens (tertiary/aromatic N) is 1. The molecule has 0 aliphatic heterocycles. The first kappa shape index (κ1) is 15.5. The maximum absolute atomic E-state index is 10.8. The summed E-state index contributed by atoms with van der Waals surface area (Å²) in [5.41, 5.74) is 9.01. The van der Waals surface area contributed by atoms with Gasteiger partial charge in [0.25, 0.3) is 0 Å². The van der Waals surface area contributed by atoms with Crippen molar-refractivity contribution in [2.75, 3.05) is 36.9 Å². The SMILES string of the molecule is Nc1ccc(N(CCO)CCO)cc1-c1cc(C=O)cs1. The number of carbonyl (C=O) groups excluding carboxylic acids is 1. The summed E-state index contributed by atoms with van der Waals surface area (Å²) in [4.78, 5) is 13.6. The first-order valence-electron chi connectivity index (χ1n) is 6.60. The van der Waals surface area contributed by atoms with Gasteiger partial charge in [-0.15, -0.1) is 11.3 Å². The van der Waals surface area contributed by atoms with Gasteiger partial charge in [0.15, 0.2) is 6.29 Å². The molecule has 0 radical (unpaired) electrons. The van der Waals surface area contributed by atoms with E-state index in [1.165, 1.54) is 11.3 Å². The van der Waals surface area contributed by atoms with E-state index >= 15 is 0 Å². The lowest BCUT2D eigenvalue weighted by Gasteiger charge is -2.23. The number of anilines is 2. The number of carbonyl (C=O) groups is 1. The molecule has 0 saturated carbocycles. The molecule has 0 atom stereocenters. The average molecular weight is 306 g/mol. The number of benzene rings is 1. The van der Waals surface area contributed by atoms with Gasteiger partial charge in [0.05, 0.1) is 13.2 Å². The number of hydrogen-bond acceptors (Lipinski definition) is 6. The fourth-order valence-electron chi connectivity index (χ4n) is 2.12. The Morgan fingerprint density at radius 2 is 1.90 bits per heavy atom. The number of nitrogens with two attached hydrogens (primary N) is 1. The fraction of sp³-hybridized carbons (Fsp3) is 0.267. The number of aliphatic hydroxyl groups excluding tert-OH is 2. The van der Waals surface area contributed by atoms with Crippen molar-refractivity contribution >= 4 is 29.0 Å². The van der Waals surface area contributed by atoms with E-state index in [9.17, 15) is 4.79 Å². The number of nitrogen functional groups attached to an aromatic ring is 1. The highest BCUT2D eigenvalue weighted by Crippen LogP contribution is 2.34. The molecular formula is C15H18N2O3S. The Bertz CT molecular complexity index is 607. The van der Waals surface area contributed by atoms with Crippen molar-refractivity contribution in [1.82, 2.24) is 0 Å². The molecule has 0 saturated heterocycles. The lowest BCUT2D eigenvalue weighted by molar-refractivity contribution is 0.112. The summed E-state index contributed by atoms with van der Waals surface area (Å²) in [7, 11) is 0. The third-order valence-corrected chi connectivity index (χ3v) is 4.14. The van der Waals surface area contributed by atoms with Gasteiger partial charge in [-0.1, -0.05) is 0 Å². The van der Waals surface area contributed by atoms with Gasteiger partial charge in [0.2, 0.25) is 0 Å². The number of rotatable bonds is 7. The van der Waals surface area contributed by atoms with Gasteiger partial charge in [0, 0.05) is 45.8 Å². The van der Waals surface area contributed by atoms with Gasteiger partial charge < -0.3 is 20.8 Å². The molecule has 112 valence electrons. The van der Waals surface area contributed by atoms with E-state index in [2.05, 4.69) is 0 Å². The van der Waals surface area contributed by atoms with Crippen LogP contribution in [0.15, 0.2) is 29.6 Å². The summed E-state index contributed by atoms with van der Waals surface area (Å²) in [5.74, 6) is 0. The average Bonchev–Trinajstić information content (AvgIpc) is 2.96. The number of aliphatic hydroxyl groups is 2. The van der Waals surface area contributed by atoms with Gasteiger partial charge in [-0.05, 0) is 24.3 Å². The van der Waals surface area contributed by atoms with E-state index in [0.717, 1.165) is 22.4 Å². The highest BCUT2D eigenvalue weighted by Gasteiger charge is 2.11. The Balaban J connectivity index is 2.37. The smallest absolute Gasteiger partial charge is 0.150 e. The zero-order valence-electron chi connectivity index (χ0n) is 11.5. The normalized spacial score (nSPS) is 10.6. The number of thiophene rings is 1. The lowest BCUT2D eigenvalue weighted by Crippen LogP contribution is -2.29. The fourth-order valence-corrected chi connectivity index (χ4v) is 3.01. The van der Waals surface area contributed by atoms with Crippen LogP contribution in [0.3, 0.4) is 0 Å². The molecule has 5 nitrogen and oxygen atoms in total. The maximum Gasteiger partial charge on any atom is 0.150 e. The molecule has 1 aromatic carbocycles. The molecule has 21 heavy (non-hydrogen) atoms. The standard InChI is InChI=1S/C15H18N2O3S/c16-14-2-1-12(17(3-5-18)4-6-19)8-13(14)15-7-11(9-20)10-21-15/h1-2,7-10,18-19H,3-6,16H2. The maximum atomic E-state index is 10.8. The molecule has 1 aromatic heterocycles. The topological polar surface area (TPSA) is 86.8 Å². The van der Waals surface area contributed by atoms with Gasteiger partial charge in [-0.25, -0.2) is 0 Å². The Labute approximate surface area is 127 Å². The van der Waals surface area contributed by atoms with Crippen molar-refractivity contribution in [1.29, 1.82) is 0 Å². The summed E-state index contributed by atoms with van der Waals surface area (Å²) in [5, 5.41) is 20.0. The van der Waals surface area contributed by atoms with E-state index < -0.39 is 0 Å². The lowest BCUT2D eigenvalue weighted by atomic mass is 10.1. The predicted molar refractivity (Wildman–Crippen MR) is 85.9 cm³/mol. The largest absolute Gasteiger partial charge is 0.398 e. The second-order valence-electron chi connectivity index (χ2n) is 4.57. The minimum absolute atomic E-state index is 0.00794. The van der Waals surface area contributed by atoms with E-state index in [1.807, 2.05) is 17.0 Å². The quantitative estimate of drug-likeness (QED) is 0.534. The van der Waals surface area contributed by atoms with Crippen molar-refractivity contribution < 1.29 is 15.0 Å². The Morgan fingerprint density at radius 1 is 1.19 bits per heavy atom. The highest BCUT2D eigenvalue weighted by atomic mass is 32.1. The van der Waals surface area contributed by atoms with Gasteiger partial charge in [0.1, 0.15) is 0 Å². The summed E-state index contributed by atoms with van der Waals surface area (Å²) >= 11 is 1.46. The summed E-state index contributed by atoms with van der Waals surface area (Å²) in [6, 6.07) is 7.38. The van der Waals surface area contributed by atoms with Crippen LogP contribution in [0.25, 0.3) is 10.4 Å². The van der Waals surface area contributed by atoms with Gasteiger partial charge in [-0.3, -0.25) is 4.79 Å². The first-order valence-corrected chi connectivity index (χ1v) is 7.48. The van der Waals surface area contributed by atoms with Crippen molar-refractivity contribution in [3.63, 3.8) is 0 Å². The molecule has 0 unspecified atom stereocenters. The molecule has 6 heteroatoms. The molecular weight excluding hydrogens is 288 g/mol. The van der Waals surface area contributed by atoms with E-state index in [0.29, 0.717) is 24.3 Å². The van der Waals surface area contributed by atoms with Gasteiger partial charge >= 0.3 is 0 Å². The van der Waals surface area contributed by atoms with Crippen LogP contribution in [0.5, 0.6) is 0 Å². The Hall–Kier alpha value is -1.89. The van der Waals surface area contributed by atoms with Crippen LogP contribution in [0, 0.1) is 0 Å². The monoisotopic (exact) mass is 306 g/mol. The predicted octanol–water partition coefficient (Wildman–Crippen LogP) is 1.60. The third-order valence-electron chi connectivity index (χ3n) is 3.16. The molecule has 2 rings (SSSR count). The van der Waals surface area contributed by atoms with Crippen LogP contribution in [0.4, 0.5) is 11.4 Å². The van der Waals surface area contributed by atoms with Crippen LogP contribution in [-0.4, -0.2) is 42.8 Å². The first-order chi connectivity index (χ1) is 10.2. The Morgan fingerprint density at radius 3 is 2.48 bits per heavy atom. The molecule has 2 aromatic rings. The molecule has 0 bridgehead atoms. The molecule has 0 aliphatic carbocycles. The Kier molecular flexibility index (Phi) is 5.32. The van der Waals surface area contributed by atoms with Gasteiger partial charge in [-0.2, -0.15) is 0 Å². The van der Waals surface area contributed by atoms with Crippen LogP contribution < -0.4 is 10.6 Å². The summed E-state index contributed by atoms with van der Waals surface area (Å²) in [6.45, 7) is 0.893. The number of aldehydes is 1. The van der Waals surface area contributed by atoms with E-state index in [-0.39, 0.29) is 13.2 Å². The molecule has 0 fully saturated rings. The van der Waals surface area contributed by atoms with Crippen molar-refractivity contribution in [3.8, 4) is 10.4 Å². The van der Waals surface area contributed by atoms with E-state index in [4.69, 9.17) is 15.9 Å². The molecule has 0 aliphatic rings. The van der Waals surface area contributed by atoms with Crippen molar-refractivity contribution in [2.24, 2.45) is 0 Å². The van der Waals surface area contributed by atoms with Crippen molar-refractivity contribution in [3.05, 3.63) is 35.2 Å². The highest BCUT2D eigenvalue weighted by molar-refractivity contribution is 7.13. The minimum Gasteiger partial charge on any atom is -0.398 e. The second kappa shape index (κ2) is 7.21. The van der Waals surface area contributed by atoms with Crippen LogP contribution in [-0.2, 0) is 0 Å². The minimum atomic E-state index is 0.00794. The van der Waals surface area contributed by atoms with E-state index in [1.54, 1.807) is 17.5 Å². The molecule has 0 spiro atoms. The molecule has 1 heterocycles. The zero-order valence-corrected chi connectivity index (χ0v) is 12.3. The number of hydrogen-bond donors (Lipinski definition) is 3. The zero-order chi connectivity index (χ0) is 15.2. The summed E-state index contributed by atoms with van der Waals surface area (Å²) in [6.07, 6.45) is 0.809. The second-order valence-corrected chi connectivity index (χ2v) is 5.48. The van der Waals surface area contributed by atoms with Crippen LogP contribution in [0.1, 0.15) is 10.4 Å². The van der Waals surface area contributed by atoms with Crippen molar-refractivity contribution in [2.45, 2.75) is 0 Å². The molecule has 4 N–H and O–H groups in total. The molecule has 0 amide bonds. The third kappa shape index (κ3) is 3.60. The van der Waals surface area contributed by atoms with Crippen LogP contribution in [0.2, 0.25) is 0 Å². The van der Waals surface area contributed by atoms with Crippen LogP contribution >= 0.6 is 11.3 Å². The summed E-state index contributed by atoms with van der Waals surface area (Å²) < 4.78 is 0.